The van der Waals surface area contributed by atoms with Crippen LogP contribution in [0.3, 0.4) is 0 Å². The van der Waals surface area contributed by atoms with Crippen molar-refractivity contribution in [1.82, 2.24) is 30.3 Å². The predicted molar refractivity (Wildman–Crippen MR) is 165 cm³/mol. The second-order valence-corrected chi connectivity index (χ2v) is 10.8. The summed E-state index contributed by atoms with van der Waals surface area (Å²) >= 11 is 0. The molecule has 0 bridgehead atoms. The zero-order valence-electron chi connectivity index (χ0n) is 24.1. The Bertz CT molecular complexity index is 1490. The van der Waals surface area contributed by atoms with Gasteiger partial charge in [0.25, 0.3) is 5.91 Å². The van der Waals surface area contributed by atoms with E-state index in [2.05, 4.69) is 53.7 Å². The number of hydrogen-bond donors (Lipinski definition) is 4. The van der Waals surface area contributed by atoms with Crippen LogP contribution >= 0.6 is 0 Å². The third-order valence-electron chi connectivity index (χ3n) is 7.66. The Morgan fingerprint density at radius 1 is 0.976 bits per heavy atom. The maximum Gasteiger partial charge on any atom is 0.291 e. The molecule has 12 heteroatoms. The Morgan fingerprint density at radius 2 is 1.67 bits per heavy atom. The zero-order valence-corrected chi connectivity index (χ0v) is 24.1. The molecule has 0 spiro atoms. The smallest absolute Gasteiger partial charge is 0.291 e. The third-order valence-corrected chi connectivity index (χ3v) is 7.66. The highest BCUT2D eigenvalue weighted by molar-refractivity contribution is 5.96. The number of carbonyl (C=O) groups is 1. The fourth-order valence-corrected chi connectivity index (χ4v) is 5.37. The van der Waals surface area contributed by atoms with E-state index in [0.717, 1.165) is 56.1 Å². The van der Waals surface area contributed by atoms with E-state index in [-0.39, 0.29) is 17.8 Å². The Kier molecular flexibility index (Phi) is 9.12. The van der Waals surface area contributed by atoms with Gasteiger partial charge in [0.2, 0.25) is 5.82 Å². The fraction of sp³-hybridized carbons (Fsp3) is 0.367. The molecule has 6 rings (SSSR count). The molecule has 3 aromatic heterocycles. The van der Waals surface area contributed by atoms with E-state index in [0.29, 0.717) is 23.1 Å². The molecule has 6 N–H and O–H groups in total. The van der Waals surface area contributed by atoms with Crippen LogP contribution in [0.25, 0.3) is 5.65 Å². The number of amides is 1. The Morgan fingerprint density at radius 3 is 2.29 bits per heavy atom. The summed E-state index contributed by atoms with van der Waals surface area (Å²) in [4.78, 5) is 26.7. The highest BCUT2D eigenvalue weighted by Gasteiger charge is 2.25. The van der Waals surface area contributed by atoms with E-state index >= 15 is 0 Å². The van der Waals surface area contributed by atoms with E-state index < -0.39 is 0 Å². The second-order valence-electron chi connectivity index (χ2n) is 10.8. The number of aryl methyl sites for hydroxylation is 1. The Labute approximate surface area is 245 Å². The van der Waals surface area contributed by atoms with Crippen LogP contribution in [-0.2, 0) is 0 Å². The molecular formula is C30H39N11O. The summed E-state index contributed by atoms with van der Waals surface area (Å²) in [5, 5.41) is 11.2. The van der Waals surface area contributed by atoms with Gasteiger partial charge in [0.05, 0.1) is 11.9 Å². The lowest BCUT2D eigenvalue weighted by molar-refractivity contribution is 0.0920. The minimum Gasteiger partial charge on any atom is -0.370 e. The number of benzene rings is 1. The van der Waals surface area contributed by atoms with Crippen molar-refractivity contribution in [2.75, 3.05) is 36.0 Å². The van der Waals surface area contributed by atoms with E-state index in [9.17, 15) is 4.79 Å². The van der Waals surface area contributed by atoms with Gasteiger partial charge in [-0.05, 0) is 55.9 Å². The average molecular weight is 570 g/mol. The lowest BCUT2D eigenvalue weighted by atomic mass is 10.0. The summed E-state index contributed by atoms with van der Waals surface area (Å²) in [7, 11) is 0. The molecule has 2 aliphatic rings. The van der Waals surface area contributed by atoms with Crippen molar-refractivity contribution in [1.29, 1.82) is 0 Å². The van der Waals surface area contributed by atoms with Gasteiger partial charge in [-0.1, -0.05) is 49.4 Å². The summed E-state index contributed by atoms with van der Waals surface area (Å²) in [6.07, 6.45) is 4.74. The molecule has 1 unspecified atom stereocenters. The van der Waals surface area contributed by atoms with Crippen LogP contribution in [0, 0.1) is 12.8 Å². The second kappa shape index (κ2) is 13.3. The molecule has 2 saturated heterocycles. The maximum atomic E-state index is 13.0. The molecular weight excluding hydrogens is 530 g/mol. The first-order valence-corrected chi connectivity index (χ1v) is 14.3. The molecule has 220 valence electrons. The molecule has 5 heterocycles. The fourth-order valence-electron chi connectivity index (χ4n) is 5.37. The van der Waals surface area contributed by atoms with E-state index in [1.54, 1.807) is 10.6 Å². The third kappa shape index (κ3) is 6.77. The van der Waals surface area contributed by atoms with E-state index in [1.807, 2.05) is 61.7 Å². The van der Waals surface area contributed by atoms with Gasteiger partial charge in [0, 0.05) is 32.2 Å². The van der Waals surface area contributed by atoms with Gasteiger partial charge in [-0.3, -0.25) is 4.79 Å². The van der Waals surface area contributed by atoms with Crippen LogP contribution in [0.1, 0.15) is 48.1 Å². The molecule has 2 fully saturated rings. The number of nitrogens with zero attached hydrogens (tertiary/aromatic N) is 7. The number of rotatable bonds is 5. The highest BCUT2D eigenvalue weighted by Crippen LogP contribution is 2.25. The maximum absolute atomic E-state index is 13.0. The molecule has 42 heavy (non-hydrogen) atoms. The SMILES string of the molecule is Cc1cc(N2CCC(C)C2)cn2nc(C(=O)NC3CCN(c4cccc(/C(=N/N)NN)n4)CC3)nc12.c1ccccc1. The van der Waals surface area contributed by atoms with Crippen LogP contribution in [0.5, 0.6) is 0 Å². The van der Waals surface area contributed by atoms with Crippen molar-refractivity contribution in [2.45, 2.75) is 39.2 Å². The normalized spacial score (nSPS) is 17.6. The number of hydrogen-bond acceptors (Lipinski definition) is 9. The number of fused-ring (bicyclic) bond motifs is 1. The number of amidine groups is 1. The number of anilines is 2. The summed E-state index contributed by atoms with van der Waals surface area (Å²) in [6.45, 7) is 7.87. The predicted octanol–water partition coefficient (Wildman–Crippen LogP) is 2.45. The minimum absolute atomic E-state index is 0.0400. The minimum atomic E-state index is -0.245. The number of pyridine rings is 2. The van der Waals surface area contributed by atoms with Gasteiger partial charge in [-0.2, -0.15) is 5.10 Å². The summed E-state index contributed by atoms with van der Waals surface area (Å²) in [5.74, 6) is 12.6. The van der Waals surface area contributed by atoms with Crippen LogP contribution in [-0.4, -0.2) is 63.5 Å². The molecule has 0 aliphatic carbocycles. The molecule has 0 radical (unpaired) electrons. The zero-order chi connectivity index (χ0) is 29.5. The van der Waals surface area contributed by atoms with Crippen LogP contribution in [0.15, 0.2) is 72.0 Å². The summed E-state index contributed by atoms with van der Waals surface area (Å²) in [5.41, 5.74) is 5.87. The van der Waals surface area contributed by atoms with Crippen molar-refractivity contribution in [3.8, 4) is 0 Å². The number of hydrazone groups is 1. The van der Waals surface area contributed by atoms with Crippen molar-refractivity contribution < 1.29 is 4.79 Å². The number of aromatic nitrogens is 4. The number of hydrazine groups is 1. The monoisotopic (exact) mass is 569 g/mol. The van der Waals surface area contributed by atoms with Gasteiger partial charge in [-0.25, -0.2) is 20.3 Å². The number of nitrogens with one attached hydrogen (secondary N) is 2. The standard InChI is InChI=1S/C24H33N11O.C6H6/c1-15-6-9-34(13-15)18-12-16(2)23-29-22(32-35(23)14-18)24(36)27-17-7-10-33(11-8-17)20-5-3-4-19(28-20)21(30-25)31-26;1-2-4-6-5-3-1/h3-5,12,14-15,17H,6-11,13,25-26H2,1-2H3,(H,27,36)(H,30,31);1-6H. The average Bonchev–Trinajstić information content (AvgIpc) is 3.67. The van der Waals surface area contributed by atoms with Gasteiger partial charge in [0.15, 0.2) is 11.5 Å². The van der Waals surface area contributed by atoms with Crippen molar-refractivity contribution in [3.05, 3.63) is 83.9 Å². The largest absolute Gasteiger partial charge is 0.370 e. The topological polar surface area (TPSA) is 155 Å². The quantitative estimate of drug-likeness (QED) is 0.123. The van der Waals surface area contributed by atoms with E-state index in [1.165, 1.54) is 6.42 Å². The van der Waals surface area contributed by atoms with Crippen LogP contribution < -0.4 is 32.2 Å². The Balaban J connectivity index is 0.000000524. The number of piperidine rings is 1. The van der Waals surface area contributed by atoms with Crippen molar-refractivity contribution >= 4 is 28.9 Å². The molecule has 0 saturated carbocycles. The van der Waals surface area contributed by atoms with Crippen molar-refractivity contribution in [2.24, 2.45) is 22.7 Å². The van der Waals surface area contributed by atoms with Gasteiger partial charge in [0.1, 0.15) is 11.5 Å². The molecule has 1 atom stereocenters. The van der Waals surface area contributed by atoms with E-state index in [4.69, 9.17) is 11.7 Å². The first-order valence-electron chi connectivity index (χ1n) is 14.3. The number of carbonyl (C=O) groups excluding carboxylic acids is 1. The molecule has 4 aromatic rings. The van der Waals surface area contributed by atoms with Gasteiger partial charge >= 0.3 is 0 Å². The number of nitrogens with two attached hydrogens (primary N) is 2. The van der Waals surface area contributed by atoms with Gasteiger partial charge in [-0.15, -0.1) is 5.10 Å². The molecule has 1 aromatic carbocycles. The first kappa shape index (κ1) is 28.8. The first-order chi connectivity index (χ1) is 20.4. The molecule has 1 amide bonds. The Hall–Kier alpha value is -4.71. The molecule has 2 aliphatic heterocycles. The van der Waals surface area contributed by atoms with Crippen LogP contribution in [0.4, 0.5) is 11.5 Å². The highest BCUT2D eigenvalue weighted by atomic mass is 16.2. The lowest BCUT2D eigenvalue weighted by Gasteiger charge is -2.33. The molecule has 12 nitrogen and oxygen atoms in total. The summed E-state index contributed by atoms with van der Waals surface area (Å²) < 4.78 is 1.74. The van der Waals surface area contributed by atoms with Gasteiger partial charge < -0.3 is 26.4 Å². The lowest BCUT2D eigenvalue weighted by Crippen LogP contribution is -2.45. The van der Waals surface area contributed by atoms with Crippen LogP contribution in [0.2, 0.25) is 0 Å². The van der Waals surface area contributed by atoms with Crippen molar-refractivity contribution in [3.63, 3.8) is 0 Å². The summed E-state index contributed by atoms with van der Waals surface area (Å²) in [6, 6.07) is 19.8.